The summed E-state index contributed by atoms with van der Waals surface area (Å²) in [6.07, 6.45) is 6.39. The molecule has 1 N–H and O–H groups in total. The number of piperidine rings is 1. The van der Waals surface area contributed by atoms with Gasteiger partial charge in [-0.3, -0.25) is 4.79 Å². The molecule has 2 aliphatic rings. The van der Waals surface area contributed by atoms with E-state index in [9.17, 15) is 4.79 Å². The van der Waals surface area contributed by atoms with E-state index in [2.05, 4.69) is 17.4 Å². The smallest absolute Gasteiger partial charge is 0.223 e. The van der Waals surface area contributed by atoms with Crippen molar-refractivity contribution in [1.82, 2.24) is 5.32 Å². The molecule has 1 saturated heterocycles. The average molecular weight is 414 g/mol. The normalized spacial score (nSPS) is 22.3. The highest BCUT2D eigenvalue weighted by Gasteiger charge is 2.30. The number of methoxy groups -OCH3 is 1. The van der Waals surface area contributed by atoms with E-state index in [-0.39, 0.29) is 23.8 Å². The highest BCUT2D eigenvalue weighted by atomic mass is 35.5. The molecule has 0 bridgehead atoms. The lowest BCUT2D eigenvalue weighted by Gasteiger charge is -2.30. The molecule has 1 saturated carbocycles. The number of halogens is 1. The lowest BCUT2D eigenvalue weighted by atomic mass is 9.82. The van der Waals surface area contributed by atoms with Crippen LogP contribution in [0.15, 0.2) is 42.5 Å². The zero-order valence-electron chi connectivity index (χ0n) is 16.8. The van der Waals surface area contributed by atoms with Crippen molar-refractivity contribution < 1.29 is 14.3 Å². The minimum Gasteiger partial charge on any atom is -0.493 e. The number of carbonyl (C=O) groups is 1. The standard InChI is InChI=1S/C24H28ClNO3/c1-28-22-11-10-16(14-23(22)29-20-7-3-4-8-20)19-13-18(24(27)26-15-19)12-17-6-2-5-9-21(17)25/h2,5-6,9-11,14,18-20H,3-4,7-8,12-13,15H2,1H3,(H,26,27)/t18-,19-/m1/s1. The monoisotopic (exact) mass is 413 g/mol. The van der Waals surface area contributed by atoms with E-state index in [0.717, 1.165) is 41.3 Å². The SMILES string of the molecule is COc1ccc([C@H]2CNC(=O)[C@H](Cc3ccccc3Cl)C2)cc1OC1CCCC1. The zero-order chi connectivity index (χ0) is 20.2. The van der Waals surface area contributed by atoms with Gasteiger partial charge in [-0.1, -0.05) is 35.9 Å². The van der Waals surface area contributed by atoms with Crippen LogP contribution < -0.4 is 14.8 Å². The highest BCUT2D eigenvalue weighted by Crippen LogP contribution is 2.37. The number of rotatable bonds is 6. The van der Waals surface area contributed by atoms with E-state index in [0.29, 0.717) is 13.0 Å². The van der Waals surface area contributed by atoms with Crippen LogP contribution in [0.1, 0.15) is 49.1 Å². The maximum atomic E-state index is 12.5. The molecule has 2 atom stereocenters. The average Bonchev–Trinajstić information content (AvgIpc) is 3.24. The van der Waals surface area contributed by atoms with Crippen LogP contribution in [0.3, 0.4) is 0 Å². The molecule has 1 heterocycles. The van der Waals surface area contributed by atoms with Gasteiger partial charge in [-0.15, -0.1) is 0 Å². The molecule has 4 rings (SSSR count). The van der Waals surface area contributed by atoms with Crippen LogP contribution in [0.4, 0.5) is 0 Å². The fraction of sp³-hybridized carbons (Fsp3) is 0.458. The van der Waals surface area contributed by atoms with E-state index in [4.69, 9.17) is 21.1 Å². The van der Waals surface area contributed by atoms with Gasteiger partial charge in [0.1, 0.15) is 0 Å². The van der Waals surface area contributed by atoms with E-state index in [1.807, 2.05) is 30.3 Å². The third-order valence-corrected chi connectivity index (χ3v) is 6.51. The van der Waals surface area contributed by atoms with Crippen molar-refractivity contribution in [2.24, 2.45) is 5.92 Å². The second-order valence-electron chi connectivity index (χ2n) is 8.10. The van der Waals surface area contributed by atoms with Crippen LogP contribution in [0, 0.1) is 5.92 Å². The van der Waals surface area contributed by atoms with Gasteiger partial charge in [0.15, 0.2) is 11.5 Å². The van der Waals surface area contributed by atoms with Crippen molar-refractivity contribution in [3.05, 3.63) is 58.6 Å². The number of ether oxygens (including phenoxy) is 2. The molecular formula is C24H28ClNO3. The summed E-state index contributed by atoms with van der Waals surface area (Å²) in [7, 11) is 1.68. The minimum absolute atomic E-state index is 0.0880. The Bertz CT molecular complexity index is 863. The molecule has 4 nitrogen and oxygen atoms in total. The van der Waals surface area contributed by atoms with E-state index >= 15 is 0 Å². The predicted molar refractivity (Wildman–Crippen MR) is 115 cm³/mol. The number of benzene rings is 2. The molecule has 0 aromatic heterocycles. The number of nitrogens with one attached hydrogen (secondary N) is 1. The summed E-state index contributed by atoms with van der Waals surface area (Å²) >= 11 is 6.32. The molecule has 154 valence electrons. The lowest BCUT2D eigenvalue weighted by Crippen LogP contribution is -2.41. The summed E-state index contributed by atoms with van der Waals surface area (Å²) in [4.78, 5) is 12.5. The van der Waals surface area contributed by atoms with Gasteiger partial charge in [-0.05, 0) is 67.9 Å². The molecule has 1 amide bonds. The van der Waals surface area contributed by atoms with Gasteiger partial charge in [0, 0.05) is 23.4 Å². The highest BCUT2D eigenvalue weighted by molar-refractivity contribution is 6.31. The summed E-state index contributed by atoms with van der Waals surface area (Å²) in [6.45, 7) is 0.646. The second-order valence-corrected chi connectivity index (χ2v) is 8.51. The molecule has 1 aliphatic carbocycles. The Morgan fingerprint density at radius 1 is 1.10 bits per heavy atom. The van der Waals surface area contributed by atoms with Crippen LogP contribution in [0.5, 0.6) is 11.5 Å². The Balaban J connectivity index is 1.51. The van der Waals surface area contributed by atoms with E-state index in [1.165, 1.54) is 18.4 Å². The van der Waals surface area contributed by atoms with Gasteiger partial charge in [0.2, 0.25) is 5.91 Å². The molecule has 2 aromatic carbocycles. The molecular weight excluding hydrogens is 386 g/mol. The summed E-state index contributed by atoms with van der Waals surface area (Å²) in [5.74, 6) is 1.86. The molecule has 0 spiro atoms. The summed E-state index contributed by atoms with van der Waals surface area (Å²) in [6, 6.07) is 13.9. The molecule has 0 radical (unpaired) electrons. The first-order chi connectivity index (χ1) is 14.1. The van der Waals surface area contributed by atoms with Crippen LogP contribution >= 0.6 is 11.6 Å². The van der Waals surface area contributed by atoms with Gasteiger partial charge in [-0.2, -0.15) is 0 Å². The summed E-state index contributed by atoms with van der Waals surface area (Å²) in [5.41, 5.74) is 2.21. The predicted octanol–water partition coefficient (Wildman–Crippen LogP) is 5.13. The number of hydrogen-bond acceptors (Lipinski definition) is 3. The van der Waals surface area contributed by atoms with Gasteiger partial charge in [0.05, 0.1) is 13.2 Å². The van der Waals surface area contributed by atoms with Crippen molar-refractivity contribution in [2.75, 3.05) is 13.7 Å². The first-order valence-electron chi connectivity index (χ1n) is 10.5. The van der Waals surface area contributed by atoms with E-state index < -0.39 is 0 Å². The Morgan fingerprint density at radius 3 is 2.66 bits per heavy atom. The minimum atomic E-state index is -0.0880. The van der Waals surface area contributed by atoms with E-state index in [1.54, 1.807) is 7.11 Å². The third kappa shape index (κ3) is 4.69. The fourth-order valence-electron chi connectivity index (χ4n) is 4.49. The topological polar surface area (TPSA) is 47.6 Å². The Morgan fingerprint density at radius 2 is 1.90 bits per heavy atom. The van der Waals surface area contributed by atoms with Crippen LogP contribution in [0.2, 0.25) is 5.02 Å². The first-order valence-corrected chi connectivity index (χ1v) is 10.9. The first kappa shape index (κ1) is 20.1. The van der Waals surface area contributed by atoms with Crippen LogP contribution in [0.25, 0.3) is 0 Å². The van der Waals surface area contributed by atoms with Crippen molar-refractivity contribution in [3.63, 3.8) is 0 Å². The van der Waals surface area contributed by atoms with Crippen molar-refractivity contribution in [1.29, 1.82) is 0 Å². The molecule has 2 aromatic rings. The maximum Gasteiger partial charge on any atom is 0.223 e. The third-order valence-electron chi connectivity index (χ3n) is 6.14. The van der Waals surface area contributed by atoms with Crippen LogP contribution in [-0.4, -0.2) is 25.7 Å². The van der Waals surface area contributed by atoms with Gasteiger partial charge < -0.3 is 14.8 Å². The Kier molecular flexibility index (Phi) is 6.29. The van der Waals surface area contributed by atoms with Crippen molar-refractivity contribution in [2.45, 2.75) is 50.5 Å². The number of carbonyl (C=O) groups excluding carboxylic acids is 1. The molecule has 5 heteroatoms. The van der Waals surface area contributed by atoms with Crippen molar-refractivity contribution >= 4 is 17.5 Å². The largest absolute Gasteiger partial charge is 0.493 e. The van der Waals surface area contributed by atoms with Gasteiger partial charge in [-0.25, -0.2) is 0 Å². The van der Waals surface area contributed by atoms with Crippen LogP contribution in [-0.2, 0) is 11.2 Å². The number of hydrogen-bond donors (Lipinski definition) is 1. The number of amides is 1. The fourth-order valence-corrected chi connectivity index (χ4v) is 4.70. The molecule has 0 unspecified atom stereocenters. The molecule has 2 fully saturated rings. The zero-order valence-corrected chi connectivity index (χ0v) is 17.6. The lowest BCUT2D eigenvalue weighted by molar-refractivity contribution is -0.126. The Hall–Kier alpha value is -2.20. The maximum absolute atomic E-state index is 12.5. The quantitative estimate of drug-likeness (QED) is 0.713. The second kappa shape index (κ2) is 9.08. The Labute approximate surface area is 177 Å². The molecule has 29 heavy (non-hydrogen) atoms. The van der Waals surface area contributed by atoms with Crippen molar-refractivity contribution in [3.8, 4) is 11.5 Å². The molecule has 1 aliphatic heterocycles. The summed E-state index contributed by atoms with van der Waals surface area (Å²) in [5, 5.41) is 3.81. The van der Waals surface area contributed by atoms with Gasteiger partial charge >= 0.3 is 0 Å². The summed E-state index contributed by atoms with van der Waals surface area (Å²) < 4.78 is 11.8. The van der Waals surface area contributed by atoms with Gasteiger partial charge in [0.25, 0.3) is 0 Å².